The molecule has 4 nitrogen and oxygen atoms in total. The van der Waals surface area contributed by atoms with Crippen LogP contribution in [0.2, 0.25) is 0 Å². The van der Waals surface area contributed by atoms with Gasteiger partial charge in [-0.2, -0.15) is 5.10 Å². The fourth-order valence-electron chi connectivity index (χ4n) is 2.02. The van der Waals surface area contributed by atoms with Gasteiger partial charge in [0.15, 0.2) is 0 Å². The SMILES string of the molecule is CCc1cc(C(NC)c2cccnc2)n(C)n1. The van der Waals surface area contributed by atoms with Crippen LogP contribution >= 0.6 is 0 Å². The van der Waals surface area contributed by atoms with Crippen LogP contribution in [0.4, 0.5) is 0 Å². The Kier molecular flexibility index (Phi) is 3.54. The highest BCUT2D eigenvalue weighted by Gasteiger charge is 2.16. The first-order valence-corrected chi connectivity index (χ1v) is 5.86. The average molecular weight is 230 g/mol. The molecule has 1 N–H and O–H groups in total. The Hall–Kier alpha value is -1.68. The third kappa shape index (κ3) is 2.36. The van der Waals surface area contributed by atoms with E-state index in [1.54, 1.807) is 6.20 Å². The molecule has 0 aliphatic carbocycles. The van der Waals surface area contributed by atoms with Crippen LogP contribution in [0, 0.1) is 0 Å². The zero-order valence-corrected chi connectivity index (χ0v) is 10.5. The van der Waals surface area contributed by atoms with Crippen LogP contribution in [0.25, 0.3) is 0 Å². The van der Waals surface area contributed by atoms with Gasteiger partial charge in [0.25, 0.3) is 0 Å². The Morgan fingerprint density at radius 3 is 2.82 bits per heavy atom. The van der Waals surface area contributed by atoms with Gasteiger partial charge in [-0.05, 0) is 31.2 Å². The van der Waals surface area contributed by atoms with E-state index in [-0.39, 0.29) is 6.04 Å². The molecule has 2 aromatic rings. The third-order valence-corrected chi connectivity index (χ3v) is 2.93. The summed E-state index contributed by atoms with van der Waals surface area (Å²) in [5.41, 5.74) is 3.43. The maximum Gasteiger partial charge on any atom is 0.0760 e. The van der Waals surface area contributed by atoms with Crippen molar-refractivity contribution in [3.63, 3.8) is 0 Å². The Bertz CT molecular complexity index is 475. The van der Waals surface area contributed by atoms with Gasteiger partial charge < -0.3 is 5.32 Å². The maximum atomic E-state index is 4.48. The van der Waals surface area contributed by atoms with Crippen LogP contribution in [-0.2, 0) is 13.5 Å². The van der Waals surface area contributed by atoms with Crippen molar-refractivity contribution >= 4 is 0 Å². The molecule has 2 rings (SSSR count). The third-order valence-electron chi connectivity index (χ3n) is 2.93. The summed E-state index contributed by atoms with van der Waals surface area (Å²) in [5, 5.41) is 7.79. The lowest BCUT2D eigenvalue weighted by Gasteiger charge is -2.16. The molecule has 0 spiro atoms. The highest BCUT2D eigenvalue weighted by atomic mass is 15.3. The van der Waals surface area contributed by atoms with Crippen molar-refractivity contribution in [2.24, 2.45) is 7.05 Å². The maximum absolute atomic E-state index is 4.48. The molecule has 1 unspecified atom stereocenters. The van der Waals surface area contributed by atoms with E-state index in [1.165, 1.54) is 0 Å². The lowest BCUT2D eigenvalue weighted by atomic mass is 10.1. The Balaban J connectivity index is 2.38. The van der Waals surface area contributed by atoms with Crippen LogP contribution in [0.15, 0.2) is 30.6 Å². The number of hydrogen-bond acceptors (Lipinski definition) is 3. The molecule has 2 heterocycles. The highest BCUT2D eigenvalue weighted by molar-refractivity contribution is 5.26. The number of aromatic nitrogens is 3. The van der Waals surface area contributed by atoms with E-state index in [2.05, 4.69) is 34.5 Å². The van der Waals surface area contributed by atoms with Crippen LogP contribution in [0.1, 0.15) is 29.9 Å². The summed E-state index contributed by atoms with van der Waals surface area (Å²) in [5.74, 6) is 0. The quantitative estimate of drug-likeness (QED) is 0.869. The Morgan fingerprint density at radius 2 is 2.29 bits per heavy atom. The Morgan fingerprint density at radius 1 is 1.47 bits per heavy atom. The number of hydrogen-bond donors (Lipinski definition) is 1. The van der Waals surface area contributed by atoms with Gasteiger partial charge >= 0.3 is 0 Å². The van der Waals surface area contributed by atoms with Crippen molar-refractivity contribution in [2.75, 3.05) is 7.05 Å². The largest absolute Gasteiger partial charge is 0.308 e. The van der Waals surface area contributed by atoms with Crippen molar-refractivity contribution in [3.05, 3.63) is 47.5 Å². The zero-order valence-electron chi connectivity index (χ0n) is 10.5. The normalized spacial score (nSPS) is 12.6. The molecule has 0 aliphatic rings. The van der Waals surface area contributed by atoms with Gasteiger partial charge in [-0.3, -0.25) is 9.67 Å². The van der Waals surface area contributed by atoms with Crippen molar-refractivity contribution in [1.29, 1.82) is 0 Å². The second-order valence-corrected chi connectivity index (χ2v) is 4.05. The van der Waals surface area contributed by atoms with Gasteiger partial charge in [-0.15, -0.1) is 0 Å². The van der Waals surface area contributed by atoms with E-state index in [0.29, 0.717) is 0 Å². The van der Waals surface area contributed by atoms with Crippen molar-refractivity contribution in [1.82, 2.24) is 20.1 Å². The van der Waals surface area contributed by atoms with Gasteiger partial charge in [0.2, 0.25) is 0 Å². The highest BCUT2D eigenvalue weighted by Crippen LogP contribution is 2.21. The van der Waals surface area contributed by atoms with Gasteiger partial charge in [-0.25, -0.2) is 0 Å². The fraction of sp³-hybridized carbons (Fsp3) is 0.385. The van der Waals surface area contributed by atoms with Crippen molar-refractivity contribution in [2.45, 2.75) is 19.4 Å². The minimum absolute atomic E-state index is 0.140. The van der Waals surface area contributed by atoms with E-state index in [4.69, 9.17) is 0 Å². The monoisotopic (exact) mass is 230 g/mol. The summed E-state index contributed by atoms with van der Waals surface area (Å²) in [6.07, 6.45) is 4.63. The van der Waals surface area contributed by atoms with Crippen LogP contribution in [0.5, 0.6) is 0 Å². The van der Waals surface area contributed by atoms with E-state index >= 15 is 0 Å². The van der Waals surface area contributed by atoms with Gasteiger partial charge in [0, 0.05) is 19.4 Å². The summed E-state index contributed by atoms with van der Waals surface area (Å²) in [7, 11) is 3.94. The Labute approximate surface area is 102 Å². The fourth-order valence-corrected chi connectivity index (χ4v) is 2.02. The zero-order chi connectivity index (χ0) is 12.3. The molecule has 4 heteroatoms. The molecule has 0 saturated heterocycles. The van der Waals surface area contributed by atoms with Crippen molar-refractivity contribution < 1.29 is 0 Å². The first-order chi connectivity index (χ1) is 8.26. The molecular weight excluding hydrogens is 212 g/mol. The number of aryl methyl sites for hydroxylation is 2. The lowest BCUT2D eigenvalue weighted by Crippen LogP contribution is -2.20. The van der Waals surface area contributed by atoms with Gasteiger partial charge in [-0.1, -0.05) is 13.0 Å². The molecule has 0 saturated carbocycles. The number of pyridine rings is 1. The van der Waals surface area contributed by atoms with Crippen LogP contribution in [-0.4, -0.2) is 21.8 Å². The number of nitrogens with zero attached hydrogens (tertiary/aromatic N) is 3. The summed E-state index contributed by atoms with van der Waals surface area (Å²) in [4.78, 5) is 4.17. The second-order valence-electron chi connectivity index (χ2n) is 4.05. The molecule has 0 amide bonds. The van der Waals surface area contributed by atoms with E-state index in [1.807, 2.05) is 31.0 Å². The van der Waals surface area contributed by atoms with Gasteiger partial charge in [0.1, 0.15) is 0 Å². The summed E-state index contributed by atoms with van der Waals surface area (Å²) < 4.78 is 1.94. The molecule has 0 bridgehead atoms. The average Bonchev–Trinajstić information content (AvgIpc) is 2.73. The molecule has 0 fully saturated rings. The topological polar surface area (TPSA) is 42.7 Å². The van der Waals surface area contributed by atoms with Crippen LogP contribution < -0.4 is 5.32 Å². The molecule has 0 radical (unpaired) electrons. The number of rotatable bonds is 4. The summed E-state index contributed by atoms with van der Waals surface area (Å²) in [6.45, 7) is 2.12. The molecule has 1 atom stereocenters. The lowest BCUT2D eigenvalue weighted by molar-refractivity contribution is 0.602. The van der Waals surface area contributed by atoms with Crippen LogP contribution in [0.3, 0.4) is 0 Å². The molecule has 90 valence electrons. The minimum atomic E-state index is 0.140. The predicted octanol–water partition coefficient (Wildman–Crippen LogP) is 1.69. The molecule has 0 aromatic carbocycles. The smallest absolute Gasteiger partial charge is 0.0760 e. The first-order valence-electron chi connectivity index (χ1n) is 5.86. The van der Waals surface area contributed by atoms with E-state index in [9.17, 15) is 0 Å². The van der Waals surface area contributed by atoms with E-state index < -0.39 is 0 Å². The second kappa shape index (κ2) is 5.10. The minimum Gasteiger partial charge on any atom is -0.308 e. The first kappa shape index (κ1) is 11.8. The standard InChI is InChI=1S/C13H18N4/c1-4-11-8-12(17(3)16-11)13(14-2)10-6-5-7-15-9-10/h5-9,13-14H,4H2,1-3H3. The van der Waals surface area contributed by atoms with E-state index in [0.717, 1.165) is 23.4 Å². The van der Waals surface area contributed by atoms with Gasteiger partial charge in [0.05, 0.1) is 17.4 Å². The molecule has 17 heavy (non-hydrogen) atoms. The van der Waals surface area contributed by atoms with Crippen molar-refractivity contribution in [3.8, 4) is 0 Å². The predicted molar refractivity (Wildman–Crippen MR) is 67.7 cm³/mol. The molecule has 2 aromatic heterocycles. The molecule has 0 aliphatic heterocycles. The summed E-state index contributed by atoms with van der Waals surface area (Å²) in [6, 6.07) is 6.32. The number of nitrogens with one attached hydrogen (secondary N) is 1. The molecular formula is C13H18N4. The summed E-state index contributed by atoms with van der Waals surface area (Å²) >= 11 is 0.